The van der Waals surface area contributed by atoms with E-state index in [2.05, 4.69) is 11.8 Å². The number of aliphatic hydroxyl groups excluding tert-OH is 1. The van der Waals surface area contributed by atoms with Crippen molar-refractivity contribution in [3.8, 4) is 11.8 Å². The number of aliphatic hydroxyl groups is 1. The predicted molar refractivity (Wildman–Crippen MR) is 79.3 cm³/mol. The Balaban J connectivity index is 2.25. The summed E-state index contributed by atoms with van der Waals surface area (Å²) in [6.45, 7) is 1.99. The minimum absolute atomic E-state index is 0.0514. The molecule has 1 saturated carbocycles. The van der Waals surface area contributed by atoms with Crippen LogP contribution in [0.15, 0.2) is 18.2 Å². The van der Waals surface area contributed by atoms with Crippen LogP contribution in [0.5, 0.6) is 0 Å². The van der Waals surface area contributed by atoms with Crippen molar-refractivity contribution in [2.75, 3.05) is 13.7 Å². The summed E-state index contributed by atoms with van der Waals surface area (Å²) in [7, 11) is 1.78. The minimum Gasteiger partial charge on any atom is -0.395 e. The molecule has 3 nitrogen and oxygen atoms in total. The number of halogens is 1. The molecule has 112 valence electrons. The van der Waals surface area contributed by atoms with Crippen LogP contribution in [0.3, 0.4) is 0 Å². The molecule has 1 aromatic carbocycles. The minimum atomic E-state index is -0.419. The Bertz CT molecular complexity index is 584. The first-order chi connectivity index (χ1) is 10.0. The van der Waals surface area contributed by atoms with E-state index in [4.69, 9.17) is 5.11 Å². The zero-order valence-corrected chi connectivity index (χ0v) is 12.4. The average Bonchev–Trinajstić information content (AvgIpc) is 3.30. The molecule has 1 fully saturated rings. The van der Waals surface area contributed by atoms with Gasteiger partial charge in [0, 0.05) is 25.1 Å². The summed E-state index contributed by atoms with van der Waals surface area (Å²) in [5, 5.41) is 8.75. The van der Waals surface area contributed by atoms with Crippen molar-refractivity contribution >= 4 is 5.91 Å². The highest BCUT2D eigenvalue weighted by Gasteiger charge is 2.33. The molecule has 0 aliphatic heterocycles. The van der Waals surface area contributed by atoms with Crippen LogP contribution in [0.4, 0.5) is 4.39 Å². The van der Waals surface area contributed by atoms with Gasteiger partial charge in [-0.2, -0.15) is 0 Å². The van der Waals surface area contributed by atoms with Crippen LogP contribution in [0.1, 0.15) is 42.1 Å². The number of hydrogen-bond acceptors (Lipinski definition) is 2. The fourth-order valence-electron chi connectivity index (χ4n) is 2.29. The van der Waals surface area contributed by atoms with Crippen molar-refractivity contribution in [1.29, 1.82) is 0 Å². The third-order valence-corrected chi connectivity index (χ3v) is 3.91. The van der Waals surface area contributed by atoms with Crippen LogP contribution >= 0.6 is 0 Å². The maximum atomic E-state index is 13.4. The SMILES string of the molecule is CC(C1CC1)N(C)C(=O)c1ccc(F)cc1C#CCCO. The average molecular weight is 289 g/mol. The molecular formula is C17H20FNO2. The van der Waals surface area contributed by atoms with Gasteiger partial charge in [-0.3, -0.25) is 4.79 Å². The van der Waals surface area contributed by atoms with E-state index in [1.54, 1.807) is 11.9 Å². The Kier molecular flexibility index (Phi) is 4.98. The van der Waals surface area contributed by atoms with E-state index in [0.29, 0.717) is 23.5 Å². The Morgan fingerprint density at radius 3 is 2.86 bits per heavy atom. The van der Waals surface area contributed by atoms with Gasteiger partial charge in [-0.05, 0) is 43.9 Å². The lowest BCUT2D eigenvalue weighted by Crippen LogP contribution is -2.36. The fraction of sp³-hybridized carbons (Fsp3) is 0.471. The van der Waals surface area contributed by atoms with Gasteiger partial charge in [0.1, 0.15) is 5.82 Å². The summed E-state index contributed by atoms with van der Waals surface area (Å²) in [4.78, 5) is 14.3. The van der Waals surface area contributed by atoms with Crippen LogP contribution < -0.4 is 0 Å². The third-order valence-electron chi connectivity index (χ3n) is 3.91. The first-order valence-corrected chi connectivity index (χ1v) is 7.21. The summed E-state index contributed by atoms with van der Waals surface area (Å²) in [6.07, 6.45) is 2.62. The number of carbonyl (C=O) groups excluding carboxylic acids is 1. The normalized spacial score (nSPS) is 15.0. The van der Waals surface area contributed by atoms with Crippen molar-refractivity contribution in [2.45, 2.75) is 32.2 Å². The summed E-state index contributed by atoms with van der Waals surface area (Å²) in [5.41, 5.74) is 0.792. The Hall–Kier alpha value is -1.86. The third kappa shape index (κ3) is 3.83. The van der Waals surface area contributed by atoms with Gasteiger partial charge in [0.05, 0.1) is 12.2 Å². The van der Waals surface area contributed by atoms with Crippen molar-refractivity contribution < 1.29 is 14.3 Å². The zero-order valence-electron chi connectivity index (χ0n) is 12.4. The molecule has 1 N–H and O–H groups in total. The number of hydrogen-bond donors (Lipinski definition) is 1. The number of benzene rings is 1. The molecule has 1 unspecified atom stereocenters. The van der Waals surface area contributed by atoms with E-state index in [9.17, 15) is 9.18 Å². The van der Waals surface area contributed by atoms with Crippen molar-refractivity contribution in [2.24, 2.45) is 5.92 Å². The number of amides is 1. The molecule has 1 aliphatic rings. The fourth-order valence-corrected chi connectivity index (χ4v) is 2.29. The van der Waals surface area contributed by atoms with E-state index in [0.717, 1.165) is 12.8 Å². The topological polar surface area (TPSA) is 40.5 Å². The van der Waals surface area contributed by atoms with E-state index >= 15 is 0 Å². The Morgan fingerprint density at radius 1 is 1.52 bits per heavy atom. The largest absolute Gasteiger partial charge is 0.395 e. The van der Waals surface area contributed by atoms with Gasteiger partial charge in [0.2, 0.25) is 0 Å². The molecule has 1 aliphatic carbocycles. The van der Waals surface area contributed by atoms with E-state index in [1.807, 2.05) is 6.92 Å². The van der Waals surface area contributed by atoms with Gasteiger partial charge >= 0.3 is 0 Å². The molecule has 1 atom stereocenters. The second-order valence-corrected chi connectivity index (χ2v) is 5.46. The highest BCUT2D eigenvalue weighted by Crippen LogP contribution is 2.35. The lowest BCUT2D eigenvalue weighted by molar-refractivity contribution is 0.0727. The molecule has 2 rings (SSSR count). The van der Waals surface area contributed by atoms with E-state index < -0.39 is 5.82 Å². The quantitative estimate of drug-likeness (QED) is 0.865. The van der Waals surface area contributed by atoms with Crippen molar-refractivity contribution in [1.82, 2.24) is 4.90 Å². The summed E-state index contributed by atoms with van der Waals surface area (Å²) >= 11 is 0. The summed E-state index contributed by atoms with van der Waals surface area (Å²) < 4.78 is 13.4. The van der Waals surface area contributed by atoms with Gasteiger partial charge in [-0.1, -0.05) is 11.8 Å². The van der Waals surface area contributed by atoms with Gasteiger partial charge < -0.3 is 10.0 Å². The predicted octanol–water partition coefficient (Wildman–Crippen LogP) is 2.43. The smallest absolute Gasteiger partial charge is 0.255 e. The molecule has 21 heavy (non-hydrogen) atoms. The molecular weight excluding hydrogens is 269 g/mol. The number of rotatable bonds is 4. The lowest BCUT2D eigenvalue weighted by Gasteiger charge is -2.25. The maximum absolute atomic E-state index is 13.4. The van der Waals surface area contributed by atoms with E-state index in [1.165, 1.54) is 18.2 Å². The molecule has 1 aromatic rings. The number of nitrogens with zero attached hydrogens (tertiary/aromatic N) is 1. The first-order valence-electron chi connectivity index (χ1n) is 7.21. The molecule has 4 heteroatoms. The van der Waals surface area contributed by atoms with Crippen LogP contribution in [0.2, 0.25) is 0 Å². The summed E-state index contributed by atoms with van der Waals surface area (Å²) in [5.74, 6) is 5.53. The highest BCUT2D eigenvalue weighted by atomic mass is 19.1. The molecule has 0 saturated heterocycles. The molecule has 0 aromatic heterocycles. The Morgan fingerprint density at radius 2 is 2.24 bits per heavy atom. The van der Waals surface area contributed by atoms with Gasteiger partial charge in [0.15, 0.2) is 0 Å². The van der Waals surface area contributed by atoms with Crippen molar-refractivity contribution in [3.63, 3.8) is 0 Å². The monoisotopic (exact) mass is 289 g/mol. The molecule has 0 spiro atoms. The molecule has 0 heterocycles. The van der Waals surface area contributed by atoms with Gasteiger partial charge in [-0.25, -0.2) is 4.39 Å². The summed E-state index contributed by atoms with van der Waals surface area (Å²) in [6, 6.07) is 4.21. The molecule has 0 radical (unpaired) electrons. The second kappa shape index (κ2) is 6.73. The van der Waals surface area contributed by atoms with Gasteiger partial charge in [-0.15, -0.1) is 0 Å². The lowest BCUT2D eigenvalue weighted by atomic mass is 10.0. The standard InChI is InChI=1S/C17H20FNO2/c1-12(13-6-7-13)19(2)17(21)16-9-8-15(18)11-14(16)5-3-4-10-20/h8-9,11-13,20H,4,6-7,10H2,1-2H3. The van der Waals surface area contributed by atoms with Crippen LogP contribution in [-0.2, 0) is 0 Å². The van der Waals surface area contributed by atoms with Crippen LogP contribution in [0, 0.1) is 23.6 Å². The number of carbonyl (C=O) groups is 1. The zero-order chi connectivity index (χ0) is 15.4. The van der Waals surface area contributed by atoms with Crippen LogP contribution in [0.25, 0.3) is 0 Å². The van der Waals surface area contributed by atoms with Crippen LogP contribution in [-0.4, -0.2) is 35.6 Å². The maximum Gasteiger partial charge on any atom is 0.255 e. The van der Waals surface area contributed by atoms with Crippen molar-refractivity contribution in [3.05, 3.63) is 35.1 Å². The van der Waals surface area contributed by atoms with E-state index in [-0.39, 0.29) is 18.6 Å². The molecule has 1 amide bonds. The Labute approximate surface area is 124 Å². The first kappa shape index (κ1) is 15.5. The highest BCUT2D eigenvalue weighted by molar-refractivity contribution is 5.96. The second-order valence-electron chi connectivity index (χ2n) is 5.46. The molecule has 0 bridgehead atoms. The van der Waals surface area contributed by atoms with Gasteiger partial charge in [0.25, 0.3) is 5.91 Å².